The normalized spacial score (nSPS) is 10.7. The largest absolute Gasteiger partial charge is 0.492 e. The fourth-order valence-electron chi connectivity index (χ4n) is 2.60. The standard InChI is InChI=1S/C20H13Cl2F3N2O3/c1-29-19-11(21)7-6-10(14(19)24)17-15(25)16(26)13(22)18(27-17)20(28)30-8-9-4-2-3-5-12(9)23/h2-7H,8H2,1H3,(H2,26,27). The molecule has 30 heavy (non-hydrogen) atoms. The highest BCUT2D eigenvalue weighted by Gasteiger charge is 2.26. The summed E-state index contributed by atoms with van der Waals surface area (Å²) >= 11 is 11.8. The molecule has 3 rings (SSSR count). The molecule has 0 aliphatic carbocycles. The summed E-state index contributed by atoms with van der Waals surface area (Å²) in [6, 6.07) is 8.05. The van der Waals surface area contributed by atoms with E-state index in [0.717, 1.165) is 6.07 Å². The molecule has 5 nitrogen and oxygen atoms in total. The molecule has 1 aromatic heterocycles. The Hall–Kier alpha value is -2.97. The topological polar surface area (TPSA) is 74.4 Å². The predicted molar refractivity (Wildman–Crippen MR) is 106 cm³/mol. The highest BCUT2D eigenvalue weighted by molar-refractivity contribution is 6.36. The summed E-state index contributed by atoms with van der Waals surface area (Å²) in [5, 5.41) is -0.568. The number of nitrogens with two attached hydrogens (primary N) is 1. The van der Waals surface area contributed by atoms with E-state index in [1.807, 2.05) is 0 Å². The number of benzene rings is 2. The van der Waals surface area contributed by atoms with Crippen molar-refractivity contribution < 1.29 is 27.4 Å². The zero-order valence-electron chi connectivity index (χ0n) is 15.3. The van der Waals surface area contributed by atoms with Crippen LogP contribution in [-0.2, 0) is 11.3 Å². The van der Waals surface area contributed by atoms with E-state index in [4.69, 9.17) is 38.4 Å². The van der Waals surface area contributed by atoms with E-state index < -0.39 is 52.1 Å². The third kappa shape index (κ3) is 4.01. The van der Waals surface area contributed by atoms with Gasteiger partial charge < -0.3 is 15.2 Å². The van der Waals surface area contributed by atoms with Crippen LogP contribution in [0.3, 0.4) is 0 Å². The molecule has 0 saturated carbocycles. The van der Waals surface area contributed by atoms with E-state index in [1.54, 1.807) is 6.07 Å². The van der Waals surface area contributed by atoms with Crippen LogP contribution in [0.5, 0.6) is 5.75 Å². The number of carbonyl (C=O) groups excluding carboxylic acids is 1. The number of rotatable bonds is 5. The second-order valence-electron chi connectivity index (χ2n) is 5.96. The lowest BCUT2D eigenvalue weighted by Crippen LogP contribution is -2.13. The Labute approximate surface area is 179 Å². The molecule has 0 spiro atoms. The van der Waals surface area contributed by atoms with Crippen LogP contribution >= 0.6 is 23.2 Å². The van der Waals surface area contributed by atoms with Crippen molar-refractivity contribution >= 4 is 34.9 Å². The zero-order chi connectivity index (χ0) is 22.0. The number of hydrogen-bond acceptors (Lipinski definition) is 5. The molecule has 0 amide bonds. The number of anilines is 1. The second kappa shape index (κ2) is 8.81. The van der Waals surface area contributed by atoms with Gasteiger partial charge in [0, 0.05) is 11.1 Å². The number of esters is 1. The molecule has 0 saturated heterocycles. The van der Waals surface area contributed by atoms with Crippen LogP contribution in [0, 0.1) is 17.5 Å². The smallest absolute Gasteiger partial charge is 0.358 e. The van der Waals surface area contributed by atoms with E-state index in [1.165, 1.54) is 31.4 Å². The van der Waals surface area contributed by atoms with Gasteiger partial charge in [0.2, 0.25) is 0 Å². The molecule has 2 aromatic carbocycles. The molecular weight excluding hydrogens is 444 g/mol. The van der Waals surface area contributed by atoms with Crippen LogP contribution in [0.2, 0.25) is 10.0 Å². The van der Waals surface area contributed by atoms with Crippen molar-refractivity contribution in [2.45, 2.75) is 6.61 Å². The van der Waals surface area contributed by atoms with Crippen molar-refractivity contribution in [3.63, 3.8) is 0 Å². The van der Waals surface area contributed by atoms with Gasteiger partial charge in [0.25, 0.3) is 0 Å². The van der Waals surface area contributed by atoms with Gasteiger partial charge in [-0.1, -0.05) is 41.4 Å². The Morgan fingerprint density at radius 3 is 2.47 bits per heavy atom. The molecule has 156 valence electrons. The summed E-state index contributed by atoms with van der Waals surface area (Å²) in [6.45, 7) is -0.431. The Balaban J connectivity index is 2.03. The lowest BCUT2D eigenvalue weighted by atomic mass is 10.1. The average molecular weight is 457 g/mol. The maximum atomic E-state index is 14.7. The molecule has 0 fully saturated rings. The lowest BCUT2D eigenvalue weighted by Gasteiger charge is -2.13. The Bertz CT molecular complexity index is 1140. The van der Waals surface area contributed by atoms with Gasteiger partial charge in [0.1, 0.15) is 18.1 Å². The van der Waals surface area contributed by atoms with Gasteiger partial charge in [0.05, 0.1) is 22.8 Å². The van der Waals surface area contributed by atoms with Gasteiger partial charge in [-0.2, -0.15) is 0 Å². The molecule has 3 aromatic rings. The second-order valence-corrected chi connectivity index (χ2v) is 6.75. The van der Waals surface area contributed by atoms with Crippen LogP contribution in [-0.4, -0.2) is 18.1 Å². The number of carbonyl (C=O) groups is 1. The maximum absolute atomic E-state index is 14.7. The predicted octanol–water partition coefficient (Wildman–Crippen LogP) is 5.42. The molecule has 0 atom stereocenters. The number of pyridine rings is 1. The molecule has 10 heteroatoms. The highest BCUT2D eigenvalue weighted by Crippen LogP contribution is 2.38. The summed E-state index contributed by atoms with van der Waals surface area (Å²) in [5.41, 5.74) is 3.60. The van der Waals surface area contributed by atoms with E-state index in [9.17, 15) is 18.0 Å². The number of halogens is 5. The first-order valence-electron chi connectivity index (χ1n) is 8.33. The van der Waals surface area contributed by atoms with E-state index >= 15 is 0 Å². The first-order chi connectivity index (χ1) is 14.3. The van der Waals surface area contributed by atoms with Crippen LogP contribution in [0.15, 0.2) is 36.4 Å². The van der Waals surface area contributed by atoms with Crippen LogP contribution in [0.25, 0.3) is 11.3 Å². The molecular formula is C20H13Cl2F3N2O3. The minimum absolute atomic E-state index is 0.0504. The maximum Gasteiger partial charge on any atom is 0.358 e. The van der Waals surface area contributed by atoms with Crippen molar-refractivity contribution in [3.8, 4) is 17.0 Å². The molecule has 1 heterocycles. The molecule has 0 bridgehead atoms. The highest BCUT2D eigenvalue weighted by atomic mass is 35.5. The van der Waals surface area contributed by atoms with Gasteiger partial charge in [-0.15, -0.1) is 0 Å². The van der Waals surface area contributed by atoms with Crippen LogP contribution in [0.1, 0.15) is 16.1 Å². The monoisotopic (exact) mass is 456 g/mol. The third-order valence-electron chi connectivity index (χ3n) is 4.13. The molecule has 0 aliphatic rings. The number of methoxy groups -OCH3 is 1. The Kier molecular flexibility index (Phi) is 6.38. The lowest BCUT2D eigenvalue weighted by molar-refractivity contribution is 0.0462. The summed E-state index contributed by atoms with van der Waals surface area (Å²) in [4.78, 5) is 16.3. The zero-order valence-corrected chi connectivity index (χ0v) is 16.8. The Morgan fingerprint density at radius 2 is 1.80 bits per heavy atom. The molecule has 2 N–H and O–H groups in total. The minimum Gasteiger partial charge on any atom is -0.492 e. The average Bonchev–Trinajstić information content (AvgIpc) is 2.72. The van der Waals surface area contributed by atoms with Crippen molar-refractivity contribution in [2.24, 2.45) is 0 Å². The summed E-state index contributed by atoms with van der Waals surface area (Å²) in [7, 11) is 1.18. The van der Waals surface area contributed by atoms with Gasteiger partial charge in [0.15, 0.2) is 23.1 Å². The molecule has 0 radical (unpaired) electrons. The van der Waals surface area contributed by atoms with Crippen molar-refractivity contribution in [1.82, 2.24) is 4.98 Å². The van der Waals surface area contributed by atoms with E-state index in [2.05, 4.69) is 4.98 Å². The van der Waals surface area contributed by atoms with Crippen molar-refractivity contribution in [1.29, 1.82) is 0 Å². The van der Waals surface area contributed by atoms with Crippen LogP contribution in [0.4, 0.5) is 18.9 Å². The van der Waals surface area contributed by atoms with Gasteiger partial charge in [-0.3, -0.25) is 0 Å². The third-order valence-corrected chi connectivity index (χ3v) is 4.81. The van der Waals surface area contributed by atoms with E-state index in [-0.39, 0.29) is 21.9 Å². The summed E-state index contributed by atoms with van der Waals surface area (Å²) in [6.07, 6.45) is 0. The van der Waals surface area contributed by atoms with Crippen molar-refractivity contribution in [3.05, 3.63) is 75.2 Å². The summed E-state index contributed by atoms with van der Waals surface area (Å²) < 4.78 is 53.0. The minimum atomic E-state index is -1.14. The summed E-state index contributed by atoms with van der Waals surface area (Å²) in [5.74, 6) is -4.18. The fraction of sp³-hybridized carbons (Fsp3) is 0.100. The van der Waals surface area contributed by atoms with E-state index in [0.29, 0.717) is 0 Å². The molecule has 0 aliphatic heterocycles. The van der Waals surface area contributed by atoms with Crippen LogP contribution < -0.4 is 10.5 Å². The number of ether oxygens (including phenoxy) is 2. The van der Waals surface area contributed by atoms with Crippen molar-refractivity contribution in [2.75, 3.05) is 12.8 Å². The SMILES string of the molecule is COc1c(Cl)ccc(-c2nc(C(=O)OCc3ccccc3F)c(Cl)c(N)c2F)c1F. The van der Waals surface area contributed by atoms with Gasteiger partial charge in [-0.25, -0.2) is 22.9 Å². The Morgan fingerprint density at radius 1 is 1.10 bits per heavy atom. The number of hydrogen-bond donors (Lipinski definition) is 1. The van der Waals surface area contributed by atoms with Gasteiger partial charge in [-0.05, 0) is 18.2 Å². The first kappa shape index (κ1) is 21.7. The quantitative estimate of drug-likeness (QED) is 0.518. The molecule has 0 unspecified atom stereocenters. The number of nitrogens with zero attached hydrogens (tertiary/aromatic N) is 1. The van der Waals surface area contributed by atoms with Gasteiger partial charge >= 0.3 is 5.97 Å². The first-order valence-corrected chi connectivity index (χ1v) is 9.09. The fourth-order valence-corrected chi connectivity index (χ4v) is 3.03. The number of nitrogen functional groups attached to an aromatic ring is 1. The number of aromatic nitrogens is 1.